The van der Waals surface area contributed by atoms with Gasteiger partial charge in [-0.15, -0.1) is 0 Å². The minimum atomic E-state index is -1.40. The summed E-state index contributed by atoms with van der Waals surface area (Å²) in [6.07, 6.45) is 0. The molecule has 0 aromatic carbocycles. The van der Waals surface area contributed by atoms with E-state index in [2.05, 4.69) is 64.1 Å². The highest BCUT2D eigenvalue weighted by Crippen LogP contribution is 2.42. The third-order valence-corrected chi connectivity index (χ3v) is 23.9. The molecule has 0 aliphatic heterocycles. The van der Waals surface area contributed by atoms with Crippen molar-refractivity contribution in [3.05, 3.63) is 0 Å². The van der Waals surface area contributed by atoms with Crippen molar-refractivity contribution >= 4 is 41.6 Å². The second-order valence-electron chi connectivity index (χ2n) is 7.66. The molecule has 5 heteroatoms. The van der Waals surface area contributed by atoms with Crippen molar-refractivity contribution in [1.82, 2.24) is 0 Å². The molecule has 0 rings (SSSR count). The molecule has 0 spiro atoms. The van der Waals surface area contributed by atoms with Crippen LogP contribution in [0.4, 0.5) is 0 Å². The second kappa shape index (κ2) is 4.61. The molecule has 0 radical (unpaired) electrons. The molecule has 0 aromatic rings. The molecule has 0 aliphatic rings. The van der Waals surface area contributed by atoms with Gasteiger partial charge in [-0.3, -0.25) is 0 Å². The van der Waals surface area contributed by atoms with Crippen LogP contribution in [0.3, 0.4) is 0 Å². The number of hydrogen-bond acceptors (Lipinski definition) is 2. The van der Waals surface area contributed by atoms with Crippen LogP contribution in [0.2, 0.25) is 58.9 Å². The fourth-order valence-electron chi connectivity index (χ4n) is 3.95. The van der Waals surface area contributed by atoms with Gasteiger partial charge < -0.3 is 0 Å². The minimum Gasteiger partial charge on any atom is -0.236 e. The first-order valence-corrected chi connectivity index (χ1v) is 16.8. The first-order chi connectivity index (χ1) is 6.81. The Kier molecular flexibility index (Phi) is 4.74. The van der Waals surface area contributed by atoms with Crippen LogP contribution in [0, 0.1) is 0 Å². The van der Waals surface area contributed by atoms with Gasteiger partial charge >= 0.3 is 0 Å². The molecule has 0 bridgehead atoms. The monoisotopic (exact) mass is 289 g/mol. The summed E-state index contributed by atoms with van der Waals surface area (Å²) in [5, 5.41) is 2.74. The predicted molar refractivity (Wildman–Crippen MR) is 87.8 cm³/mol. The van der Waals surface area contributed by atoms with Crippen molar-refractivity contribution in [2.24, 2.45) is 4.99 Å². The highest BCUT2D eigenvalue weighted by molar-refractivity contribution is 7.78. The van der Waals surface area contributed by atoms with E-state index in [1.807, 2.05) is 0 Å². The third kappa shape index (κ3) is 2.64. The molecular formula is C11H27NSSi3. The zero-order valence-corrected chi connectivity index (χ0v) is 16.2. The molecule has 0 heterocycles. The molecule has 0 saturated heterocycles. The molecule has 0 saturated carbocycles. The topological polar surface area (TPSA) is 12.4 Å². The van der Waals surface area contributed by atoms with E-state index in [0.29, 0.717) is 0 Å². The van der Waals surface area contributed by atoms with Gasteiger partial charge in [0.1, 0.15) is 0 Å². The fraction of sp³-hybridized carbons (Fsp3) is 0.909. The van der Waals surface area contributed by atoms with E-state index in [-0.39, 0.29) is 4.41 Å². The van der Waals surface area contributed by atoms with Crippen LogP contribution < -0.4 is 0 Å². The molecule has 0 atom stereocenters. The van der Waals surface area contributed by atoms with E-state index < -0.39 is 24.2 Å². The summed E-state index contributed by atoms with van der Waals surface area (Å²) in [6.45, 7) is 22.0. The largest absolute Gasteiger partial charge is 0.236 e. The van der Waals surface area contributed by atoms with Crippen molar-refractivity contribution in [1.29, 1.82) is 0 Å². The van der Waals surface area contributed by atoms with E-state index in [1.165, 1.54) is 0 Å². The fourth-order valence-corrected chi connectivity index (χ4v) is 32.5. The van der Waals surface area contributed by atoms with Crippen molar-refractivity contribution in [3.63, 3.8) is 0 Å². The van der Waals surface area contributed by atoms with Crippen LogP contribution in [0.25, 0.3) is 0 Å². The Morgan fingerprint density at radius 1 is 0.750 bits per heavy atom. The molecule has 0 amide bonds. The molecule has 0 aromatic heterocycles. The van der Waals surface area contributed by atoms with E-state index in [0.717, 1.165) is 0 Å². The lowest BCUT2D eigenvalue weighted by atomic mass is 11.3. The van der Waals surface area contributed by atoms with Gasteiger partial charge in [-0.25, -0.2) is 4.99 Å². The smallest absolute Gasteiger partial charge is 0.0705 e. The first kappa shape index (κ1) is 16.5. The average molecular weight is 290 g/mol. The zero-order valence-electron chi connectivity index (χ0n) is 12.4. The van der Waals surface area contributed by atoms with Gasteiger partial charge in [0.2, 0.25) is 0 Å². The number of rotatable bonds is 4. The minimum absolute atomic E-state index is 0.189. The molecule has 0 unspecified atom stereocenters. The molecule has 0 N–H and O–H groups in total. The zero-order chi connectivity index (χ0) is 13.4. The number of nitrogens with zero attached hydrogens (tertiary/aromatic N) is 1. The van der Waals surface area contributed by atoms with Crippen molar-refractivity contribution in [2.75, 3.05) is 0 Å². The maximum atomic E-state index is 4.96. The van der Waals surface area contributed by atoms with E-state index in [4.69, 9.17) is 17.2 Å². The van der Waals surface area contributed by atoms with E-state index >= 15 is 0 Å². The standard InChI is InChI=1S/C11H27NSSi3/c1-14(2,3)11(12-10-13,15(4,5)6)16(7,8)9/h1-9H3. The number of isothiocyanates is 1. The molecule has 0 fully saturated rings. The van der Waals surface area contributed by atoms with Crippen molar-refractivity contribution in [2.45, 2.75) is 63.3 Å². The van der Waals surface area contributed by atoms with Gasteiger partial charge in [-0.2, -0.15) is 0 Å². The maximum absolute atomic E-state index is 4.96. The molecule has 0 aliphatic carbocycles. The number of thiocarbonyl (C=S) groups is 1. The van der Waals surface area contributed by atoms with Crippen LogP contribution in [-0.2, 0) is 0 Å². The Hall–Kier alpha value is 0.451. The normalized spacial score (nSPS) is 14.6. The van der Waals surface area contributed by atoms with Crippen molar-refractivity contribution < 1.29 is 0 Å². The summed E-state index contributed by atoms with van der Waals surface area (Å²) in [7, 11) is -4.20. The van der Waals surface area contributed by atoms with Crippen LogP contribution in [0.5, 0.6) is 0 Å². The van der Waals surface area contributed by atoms with Crippen LogP contribution in [0.15, 0.2) is 4.99 Å². The lowest BCUT2D eigenvalue weighted by Gasteiger charge is -2.55. The van der Waals surface area contributed by atoms with Crippen LogP contribution in [-0.4, -0.2) is 33.8 Å². The van der Waals surface area contributed by atoms with Gasteiger partial charge in [0.05, 0.1) is 29.4 Å². The van der Waals surface area contributed by atoms with Crippen LogP contribution >= 0.6 is 12.2 Å². The van der Waals surface area contributed by atoms with E-state index in [9.17, 15) is 0 Å². The Bertz CT molecular complexity index is 265. The molecule has 1 nitrogen and oxygen atoms in total. The summed E-state index contributed by atoms with van der Waals surface area (Å²) in [6, 6.07) is 0. The third-order valence-electron chi connectivity index (χ3n) is 3.47. The van der Waals surface area contributed by atoms with Gasteiger partial charge in [-0.05, 0) is 12.2 Å². The number of aliphatic imine (C=N–C) groups is 1. The SMILES string of the molecule is C[Si](C)(C)C(N=C=S)([Si](C)(C)C)[Si](C)(C)C. The Balaban J connectivity index is 6.15. The Morgan fingerprint density at radius 3 is 1.06 bits per heavy atom. The van der Waals surface area contributed by atoms with Gasteiger partial charge in [0, 0.05) is 4.41 Å². The Labute approximate surface area is 110 Å². The van der Waals surface area contributed by atoms with Crippen LogP contribution in [0.1, 0.15) is 0 Å². The molecular weight excluding hydrogens is 262 g/mol. The summed E-state index contributed by atoms with van der Waals surface area (Å²) >= 11 is 4.96. The highest BCUT2D eigenvalue weighted by atomic mass is 32.1. The Morgan fingerprint density at radius 2 is 1.00 bits per heavy atom. The quantitative estimate of drug-likeness (QED) is 0.423. The summed E-state index contributed by atoms with van der Waals surface area (Å²) in [5.41, 5.74) is 0. The number of hydrogen-bond donors (Lipinski definition) is 0. The summed E-state index contributed by atoms with van der Waals surface area (Å²) < 4.78 is 0.189. The van der Waals surface area contributed by atoms with Gasteiger partial charge in [0.25, 0.3) is 0 Å². The summed E-state index contributed by atoms with van der Waals surface area (Å²) in [4.78, 5) is 4.82. The summed E-state index contributed by atoms with van der Waals surface area (Å²) in [5.74, 6) is 0. The molecule has 94 valence electrons. The van der Waals surface area contributed by atoms with Crippen molar-refractivity contribution in [3.8, 4) is 0 Å². The lowest BCUT2D eigenvalue weighted by molar-refractivity contribution is 0.982. The lowest BCUT2D eigenvalue weighted by Crippen LogP contribution is -2.76. The average Bonchev–Trinajstić information content (AvgIpc) is 1.91. The highest BCUT2D eigenvalue weighted by Gasteiger charge is 2.60. The predicted octanol–water partition coefficient (Wildman–Crippen LogP) is 4.46. The second-order valence-corrected chi connectivity index (χ2v) is 25.0. The maximum Gasteiger partial charge on any atom is 0.0705 e. The van der Waals surface area contributed by atoms with E-state index in [1.54, 1.807) is 0 Å². The van der Waals surface area contributed by atoms with Gasteiger partial charge in [-0.1, -0.05) is 58.9 Å². The first-order valence-electron chi connectivity index (χ1n) is 5.90. The molecule has 16 heavy (non-hydrogen) atoms. The van der Waals surface area contributed by atoms with Gasteiger partial charge in [0.15, 0.2) is 0 Å².